The number of hydrogen-bond donors (Lipinski definition) is 0. The molecular formula is C48H32N2O. The van der Waals surface area contributed by atoms with E-state index in [1.165, 1.54) is 60.5 Å². The second-order valence-corrected chi connectivity index (χ2v) is 13.6. The monoisotopic (exact) mass is 652 g/mol. The summed E-state index contributed by atoms with van der Waals surface area (Å²) in [5, 5.41) is 7.23. The summed E-state index contributed by atoms with van der Waals surface area (Å²) < 4.78 is 11.3. The molecule has 3 heteroatoms. The van der Waals surface area contributed by atoms with Gasteiger partial charge in [0.15, 0.2) is 5.58 Å². The van der Waals surface area contributed by atoms with E-state index in [-0.39, 0.29) is 0 Å². The summed E-state index contributed by atoms with van der Waals surface area (Å²) in [5.74, 6) is 0. The van der Waals surface area contributed by atoms with E-state index in [0.717, 1.165) is 51.5 Å². The highest BCUT2D eigenvalue weighted by atomic mass is 16.3. The van der Waals surface area contributed by atoms with Crippen LogP contribution in [-0.2, 0) is 0 Å². The molecule has 240 valence electrons. The SMILES string of the molecule is C1=CC(c2ccc(-n3c4ccccc4c4cc(-c5ccc6c(c5)c5ccccc5n6-c5cccc6c5oc5ccccc56)ccc43)cc2)=CCC1. The predicted molar refractivity (Wildman–Crippen MR) is 214 cm³/mol. The molecule has 1 aliphatic carbocycles. The van der Waals surface area contributed by atoms with Crippen molar-refractivity contribution in [3.8, 4) is 22.5 Å². The molecule has 0 spiro atoms. The molecule has 0 amide bonds. The van der Waals surface area contributed by atoms with Crippen LogP contribution >= 0.6 is 0 Å². The molecule has 3 heterocycles. The van der Waals surface area contributed by atoms with Crippen LogP contribution in [0, 0.1) is 0 Å². The molecule has 7 aromatic carbocycles. The zero-order valence-corrected chi connectivity index (χ0v) is 27.9. The maximum absolute atomic E-state index is 6.51. The number of para-hydroxylation sites is 4. The molecule has 0 unspecified atom stereocenters. The number of nitrogens with zero attached hydrogens (tertiary/aromatic N) is 2. The summed E-state index contributed by atoms with van der Waals surface area (Å²) in [6.45, 7) is 0. The normalized spacial score (nSPS) is 13.4. The predicted octanol–water partition coefficient (Wildman–Crippen LogP) is 13.2. The minimum atomic E-state index is 0.907. The van der Waals surface area contributed by atoms with Crippen LogP contribution in [0.4, 0.5) is 0 Å². The highest BCUT2D eigenvalue weighted by Crippen LogP contribution is 2.40. The molecule has 11 rings (SSSR count). The molecule has 0 saturated carbocycles. The molecule has 0 bridgehead atoms. The molecule has 1 aliphatic rings. The van der Waals surface area contributed by atoms with E-state index in [9.17, 15) is 0 Å². The van der Waals surface area contributed by atoms with Crippen LogP contribution in [0.25, 0.3) is 93.6 Å². The average molecular weight is 653 g/mol. The number of benzene rings is 7. The zero-order valence-electron chi connectivity index (χ0n) is 27.9. The lowest BCUT2D eigenvalue weighted by atomic mass is 9.99. The van der Waals surface area contributed by atoms with Crippen molar-refractivity contribution in [2.45, 2.75) is 12.8 Å². The van der Waals surface area contributed by atoms with Gasteiger partial charge in [0.05, 0.1) is 27.8 Å². The van der Waals surface area contributed by atoms with E-state index in [0.29, 0.717) is 0 Å². The lowest BCUT2D eigenvalue weighted by Crippen LogP contribution is -1.95. The van der Waals surface area contributed by atoms with Gasteiger partial charge in [0.2, 0.25) is 0 Å². The van der Waals surface area contributed by atoms with Gasteiger partial charge < -0.3 is 13.6 Å². The summed E-state index contributed by atoms with van der Waals surface area (Å²) in [6, 6.07) is 55.1. The number of hydrogen-bond acceptors (Lipinski definition) is 1. The molecule has 3 nitrogen and oxygen atoms in total. The minimum absolute atomic E-state index is 0.907. The smallest absolute Gasteiger partial charge is 0.159 e. The lowest BCUT2D eigenvalue weighted by Gasteiger charge is -2.11. The lowest BCUT2D eigenvalue weighted by molar-refractivity contribution is 0.666. The first-order valence-electron chi connectivity index (χ1n) is 17.8. The molecule has 10 aromatic rings. The summed E-state index contributed by atoms with van der Waals surface area (Å²) >= 11 is 0. The van der Waals surface area contributed by atoms with Crippen molar-refractivity contribution in [3.63, 3.8) is 0 Å². The number of furan rings is 1. The van der Waals surface area contributed by atoms with E-state index in [2.05, 4.69) is 173 Å². The zero-order chi connectivity index (χ0) is 33.5. The van der Waals surface area contributed by atoms with Crippen molar-refractivity contribution in [1.82, 2.24) is 9.13 Å². The van der Waals surface area contributed by atoms with Gasteiger partial charge in [-0.15, -0.1) is 0 Å². The number of allylic oxidation sites excluding steroid dienone is 4. The van der Waals surface area contributed by atoms with Crippen LogP contribution in [-0.4, -0.2) is 9.13 Å². The molecule has 51 heavy (non-hydrogen) atoms. The fourth-order valence-electron chi connectivity index (χ4n) is 8.38. The summed E-state index contributed by atoms with van der Waals surface area (Å²) in [6.07, 6.45) is 9.09. The molecule has 0 radical (unpaired) electrons. The van der Waals surface area contributed by atoms with Crippen molar-refractivity contribution in [1.29, 1.82) is 0 Å². The number of aromatic nitrogens is 2. The Kier molecular flexibility index (Phi) is 6.08. The Labute approximate surface area is 294 Å². The van der Waals surface area contributed by atoms with Gasteiger partial charge in [0.1, 0.15) is 5.58 Å². The van der Waals surface area contributed by atoms with Gasteiger partial charge in [-0.3, -0.25) is 0 Å². The molecule has 0 atom stereocenters. The molecule has 3 aromatic heterocycles. The van der Waals surface area contributed by atoms with Crippen LogP contribution in [0.15, 0.2) is 174 Å². The Morgan fingerprint density at radius 1 is 0.431 bits per heavy atom. The van der Waals surface area contributed by atoms with Crippen molar-refractivity contribution in [2.75, 3.05) is 0 Å². The van der Waals surface area contributed by atoms with Crippen molar-refractivity contribution < 1.29 is 4.42 Å². The van der Waals surface area contributed by atoms with Gasteiger partial charge in [-0.05, 0) is 95.8 Å². The van der Waals surface area contributed by atoms with Crippen LogP contribution in [0.3, 0.4) is 0 Å². The molecular weight excluding hydrogens is 621 g/mol. The minimum Gasteiger partial charge on any atom is -0.454 e. The highest BCUT2D eigenvalue weighted by Gasteiger charge is 2.19. The molecule has 0 saturated heterocycles. The Hall–Kier alpha value is -6.58. The fraction of sp³-hybridized carbons (Fsp3) is 0.0417. The Balaban J connectivity index is 1.07. The Bertz CT molecular complexity index is 3070. The number of fused-ring (bicyclic) bond motifs is 9. The van der Waals surface area contributed by atoms with Crippen molar-refractivity contribution in [3.05, 3.63) is 175 Å². The van der Waals surface area contributed by atoms with Gasteiger partial charge in [-0.2, -0.15) is 0 Å². The first-order valence-corrected chi connectivity index (χ1v) is 17.8. The fourth-order valence-corrected chi connectivity index (χ4v) is 8.38. The van der Waals surface area contributed by atoms with Crippen LogP contribution < -0.4 is 0 Å². The summed E-state index contributed by atoms with van der Waals surface area (Å²) in [7, 11) is 0. The van der Waals surface area contributed by atoms with Gasteiger partial charge in [-0.25, -0.2) is 0 Å². The topological polar surface area (TPSA) is 23.0 Å². The van der Waals surface area contributed by atoms with E-state index in [1.54, 1.807) is 0 Å². The van der Waals surface area contributed by atoms with Gasteiger partial charge in [0, 0.05) is 38.0 Å². The largest absolute Gasteiger partial charge is 0.454 e. The second kappa shape index (κ2) is 11.0. The molecule has 0 aliphatic heterocycles. The maximum atomic E-state index is 6.51. The van der Waals surface area contributed by atoms with Gasteiger partial charge in [0.25, 0.3) is 0 Å². The first-order chi connectivity index (χ1) is 25.3. The second-order valence-electron chi connectivity index (χ2n) is 13.6. The van der Waals surface area contributed by atoms with Gasteiger partial charge in [-0.1, -0.05) is 109 Å². The van der Waals surface area contributed by atoms with E-state index in [4.69, 9.17) is 4.42 Å². The quantitative estimate of drug-likeness (QED) is 0.186. The van der Waals surface area contributed by atoms with Crippen LogP contribution in [0.5, 0.6) is 0 Å². The number of rotatable bonds is 4. The molecule has 0 fully saturated rings. The first kappa shape index (κ1) is 28.3. The average Bonchev–Trinajstić information content (AvgIpc) is 3.86. The van der Waals surface area contributed by atoms with Crippen molar-refractivity contribution >= 4 is 71.1 Å². The van der Waals surface area contributed by atoms with Crippen LogP contribution in [0.1, 0.15) is 18.4 Å². The van der Waals surface area contributed by atoms with E-state index >= 15 is 0 Å². The highest BCUT2D eigenvalue weighted by molar-refractivity contribution is 6.14. The third-order valence-corrected chi connectivity index (χ3v) is 10.8. The maximum Gasteiger partial charge on any atom is 0.159 e. The van der Waals surface area contributed by atoms with E-state index in [1.807, 2.05) is 6.07 Å². The van der Waals surface area contributed by atoms with Crippen LogP contribution in [0.2, 0.25) is 0 Å². The molecule has 0 N–H and O–H groups in total. The summed E-state index contributed by atoms with van der Waals surface area (Å²) in [5.41, 5.74) is 13.8. The Morgan fingerprint density at radius 2 is 1.02 bits per heavy atom. The summed E-state index contributed by atoms with van der Waals surface area (Å²) in [4.78, 5) is 0. The third-order valence-electron chi connectivity index (χ3n) is 10.8. The standard InChI is InChI=1S/C48H32N2O/c1-2-11-31(12-3-1)32-21-25-35(26-22-32)49-42-17-7-4-13-36(42)40-29-33(23-27-44(40)49)34-24-28-45-41(30-34)37-14-5-8-18-43(37)50(45)46-19-10-16-39-38-15-6-9-20-47(38)51-48(39)46/h2,4-30H,1,3H2. The van der Waals surface area contributed by atoms with Gasteiger partial charge >= 0.3 is 0 Å². The Morgan fingerprint density at radius 3 is 1.73 bits per heavy atom. The third kappa shape index (κ3) is 4.25. The van der Waals surface area contributed by atoms with Crippen molar-refractivity contribution in [2.24, 2.45) is 0 Å². The van der Waals surface area contributed by atoms with E-state index < -0.39 is 0 Å².